The molecule has 0 saturated heterocycles. The highest BCUT2D eigenvalue weighted by Gasteiger charge is 2.26. The number of para-hydroxylation sites is 1. The Bertz CT molecular complexity index is 617. The van der Waals surface area contributed by atoms with Crippen molar-refractivity contribution >= 4 is 42.1 Å². The van der Waals surface area contributed by atoms with E-state index >= 15 is 0 Å². The van der Waals surface area contributed by atoms with Crippen LogP contribution < -0.4 is 0 Å². The van der Waals surface area contributed by atoms with Gasteiger partial charge in [0.15, 0.2) is 12.3 Å². The van der Waals surface area contributed by atoms with Gasteiger partial charge in [0, 0.05) is 26.2 Å². The van der Waals surface area contributed by atoms with Crippen molar-refractivity contribution in [1.29, 1.82) is 0 Å². The van der Waals surface area contributed by atoms with Crippen LogP contribution in [0, 0.1) is 3.95 Å². The SMILES string of the molecule is CCN(CC)P(N(CC)CC)n1c(=S)sc2ccccc21. The average molecular weight is 341 g/mol. The third-order valence-corrected chi connectivity index (χ3v) is 8.15. The Hall–Kier alpha value is -0.320. The fourth-order valence-corrected chi connectivity index (χ4v) is 6.68. The van der Waals surface area contributed by atoms with Gasteiger partial charge in [-0.05, 0) is 24.4 Å². The normalized spacial score (nSPS) is 12.1. The average Bonchev–Trinajstić information content (AvgIpc) is 2.83. The van der Waals surface area contributed by atoms with Gasteiger partial charge >= 0.3 is 0 Å². The van der Waals surface area contributed by atoms with Crippen molar-refractivity contribution in [3.05, 3.63) is 28.2 Å². The van der Waals surface area contributed by atoms with Gasteiger partial charge in [-0.25, -0.2) is 0 Å². The zero-order valence-electron chi connectivity index (χ0n) is 13.2. The van der Waals surface area contributed by atoms with E-state index in [4.69, 9.17) is 12.2 Å². The molecule has 0 saturated carbocycles. The number of hydrogen-bond donors (Lipinski definition) is 0. The van der Waals surface area contributed by atoms with Crippen molar-refractivity contribution in [2.75, 3.05) is 26.2 Å². The predicted molar refractivity (Wildman–Crippen MR) is 98.8 cm³/mol. The maximum atomic E-state index is 5.70. The van der Waals surface area contributed by atoms with Gasteiger partial charge in [-0.1, -0.05) is 39.8 Å². The molecule has 0 spiro atoms. The molecule has 116 valence electrons. The first kappa shape index (κ1) is 17.0. The smallest absolute Gasteiger partial charge is 0.167 e. The van der Waals surface area contributed by atoms with Crippen LogP contribution in [0.1, 0.15) is 27.7 Å². The maximum Gasteiger partial charge on any atom is 0.167 e. The summed E-state index contributed by atoms with van der Waals surface area (Å²) in [6.45, 7) is 13.1. The van der Waals surface area contributed by atoms with Crippen LogP contribution in [0.4, 0.5) is 0 Å². The highest BCUT2D eigenvalue weighted by molar-refractivity contribution is 7.74. The van der Waals surface area contributed by atoms with E-state index in [1.165, 1.54) is 10.2 Å². The minimum atomic E-state index is -0.577. The largest absolute Gasteiger partial charge is 0.275 e. The zero-order valence-corrected chi connectivity index (χ0v) is 15.8. The van der Waals surface area contributed by atoms with Crippen LogP contribution in [0.3, 0.4) is 0 Å². The number of fused-ring (bicyclic) bond motifs is 1. The second-order valence-electron chi connectivity index (χ2n) is 4.69. The predicted octanol–water partition coefficient (Wildman–Crippen LogP) is 5.19. The van der Waals surface area contributed by atoms with E-state index < -0.39 is 8.37 Å². The minimum absolute atomic E-state index is 0.577. The fourth-order valence-electron chi connectivity index (χ4n) is 2.51. The van der Waals surface area contributed by atoms with Crippen molar-refractivity contribution < 1.29 is 0 Å². The zero-order chi connectivity index (χ0) is 15.4. The molecule has 3 nitrogen and oxygen atoms in total. The molecular weight excluding hydrogens is 317 g/mol. The van der Waals surface area contributed by atoms with Gasteiger partial charge in [-0.3, -0.25) is 13.7 Å². The summed E-state index contributed by atoms with van der Waals surface area (Å²) in [5, 5.41) is 0. The van der Waals surface area contributed by atoms with Crippen molar-refractivity contribution in [2.24, 2.45) is 0 Å². The maximum absolute atomic E-state index is 5.70. The molecule has 0 aliphatic carbocycles. The first-order valence-electron chi connectivity index (χ1n) is 7.58. The molecule has 2 aromatic rings. The van der Waals surface area contributed by atoms with Crippen molar-refractivity contribution in [2.45, 2.75) is 27.7 Å². The van der Waals surface area contributed by atoms with Crippen molar-refractivity contribution in [1.82, 2.24) is 13.7 Å². The van der Waals surface area contributed by atoms with E-state index in [0.29, 0.717) is 0 Å². The summed E-state index contributed by atoms with van der Waals surface area (Å²) in [5.74, 6) is 0. The van der Waals surface area contributed by atoms with Crippen LogP contribution in [0.15, 0.2) is 24.3 Å². The van der Waals surface area contributed by atoms with Crippen LogP contribution in [-0.4, -0.2) is 39.9 Å². The van der Waals surface area contributed by atoms with Crippen LogP contribution in [-0.2, 0) is 0 Å². The molecular formula is C15H24N3PS2. The lowest BCUT2D eigenvalue weighted by Gasteiger charge is -2.37. The van der Waals surface area contributed by atoms with Gasteiger partial charge in [0.2, 0.25) is 0 Å². The number of aromatic nitrogens is 1. The van der Waals surface area contributed by atoms with E-state index in [9.17, 15) is 0 Å². The van der Waals surface area contributed by atoms with Crippen LogP contribution >= 0.6 is 31.9 Å². The Morgan fingerprint density at radius 2 is 1.52 bits per heavy atom. The van der Waals surface area contributed by atoms with Gasteiger partial charge in [-0.2, -0.15) is 0 Å². The van der Waals surface area contributed by atoms with Gasteiger partial charge < -0.3 is 0 Å². The Labute approximate surface area is 138 Å². The standard InChI is InChI=1S/C15H24N3PS2/c1-5-16(6-2)19(17(7-3)8-4)18-13-11-9-10-12-14(13)21-15(18)20/h9-12H,5-8H2,1-4H3. The van der Waals surface area contributed by atoms with E-state index in [0.717, 1.165) is 30.1 Å². The van der Waals surface area contributed by atoms with Crippen LogP contribution in [0.25, 0.3) is 10.2 Å². The molecule has 1 heterocycles. The topological polar surface area (TPSA) is 11.4 Å². The summed E-state index contributed by atoms with van der Waals surface area (Å²) < 4.78 is 9.75. The molecule has 1 aromatic carbocycles. The Kier molecular flexibility index (Phi) is 6.33. The molecule has 0 fully saturated rings. The lowest BCUT2D eigenvalue weighted by molar-refractivity contribution is 0.417. The fraction of sp³-hybridized carbons (Fsp3) is 0.533. The summed E-state index contributed by atoms with van der Waals surface area (Å²) in [4.78, 5) is 0. The number of rotatable bonds is 7. The van der Waals surface area contributed by atoms with Gasteiger partial charge in [0.25, 0.3) is 0 Å². The monoisotopic (exact) mass is 341 g/mol. The molecule has 6 heteroatoms. The van der Waals surface area contributed by atoms with Gasteiger partial charge in [0.1, 0.15) is 0 Å². The Balaban J connectivity index is 2.63. The summed E-state index contributed by atoms with van der Waals surface area (Å²) >= 11 is 7.43. The van der Waals surface area contributed by atoms with Crippen LogP contribution in [0.5, 0.6) is 0 Å². The Morgan fingerprint density at radius 1 is 1.00 bits per heavy atom. The number of benzene rings is 1. The van der Waals surface area contributed by atoms with E-state index in [2.05, 4.69) is 65.6 Å². The van der Waals surface area contributed by atoms with E-state index in [1.807, 2.05) is 0 Å². The third-order valence-electron chi connectivity index (χ3n) is 3.61. The molecule has 0 radical (unpaired) electrons. The number of nitrogens with zero attached hydrogens (tertiary/aromatic N) is 3. The van der Waals surface area contributed by atoms with Gasteiger partial charge in [0.05, 0.1) is 10.2 Å². The summed E-state index contributed by atoms with van der Waals surface area (Å²) in [5.41, 5.74) is 1.28. The molecule has 0 unspecified atom stereocenters. The molecule has 0 aliphatic rings. The third kappa shape index (κ3) is 3.38. The molecule has 0 atom stereocenters. The van der Waals surface area contributed by atoms with Crippen LogP contribution in [0.2, 0.25) is 0 Å². The molecule has 0 amide bonds. The summed E-state index contributed by atoms with van der Waals surface area (Å²) in [6, 6.07) is 8.57. The lowest BCUT2D eigenvalue weighted by Crippen LogP contribution is -2.31. The molecule has 1 aromatic heterocycles. The minimum Gasteiger partial charge on any atom is -0.275 e. The van der Waals surface area contributed by atoms with E-state index in [1.54, 1.807) is 11.3 Å². The number of thiazole rings is 1. The molecule has 0 aliphatic heterocycles. The Morgan fingerprint density at radius 3 is 2.05 bits per heavy atom. The first-order chi connectivity index (χ1) is 10.2. The molecule has 2 rings (SSSR count). The van der Waals surface area contributed by atoms with E-state index in [-0.39, 0.29) is 0 Å². The second-order valence-corrected chi connectivity index (χ2v) is 8.44. The van der Waals surface area contributed by atoms with Crippen molar-refractivity contribution in [3.63, 3.8) is 0 Å². The number of hydrogen-bond acceptors (Lipinski definition) is 4. The van der Waals surface area contributed by atoms with Gasteiger partial charge in [-0.15, -0.1) is 11.3 Å². The first-order valence-corrected chi connectivity index (χ1v) is 10.0. The molecule has 0 N–H and O–H groups in total. The highest BCUT2D eigenvalue weighted by Crippen LogP contribution is 2.48. The quantitative estimate of drug-likeness (QED) is 0.507. The lowest BCUT2D eigenvalue weighted by atomic mass is 10.3. The second kappa shape index (κ2) is 7.80. The molecule has 21 heavy (non-hydrogen) atoms. The summed E-state index contributed by atoms with van der Waals surface area (Å²) in [7, 11) is -0.577. The molecule has 0 bridgehead atoms. The highest BCUT2D eigenvalue weighted by atomic mass is 32.1. The van der Waals surface area contributed by atoms with Crippen molar-refractivity contribution in [3.8, 4) is 0 Å². The summed E-state index contributed by atoms with van der Waals surface area (Å²) in [6.07, 6.45) is 0.